The number of aromatic nitrogens is 1. The average Bonchev–Trinajstić information content (AvgIpc) is 3.44. The van der Waals surface area contributed by atoms with Gasteiger partial charge in [0.15, 0.2) is 5.58 Å². The first-order valence-corrected chi connectivity index (χ1v) is 13.5. The summed E-state index contributed by atoms with van der Waals surface area (Å²) in [6, 6.07) is 36.9. The van der Waals surface area contributed by atoms with Crippen molar-refractivity contribution >= 4 is 32.6 Å². The summed E-state index contributed by atoms with van der Waals surface area (Å²) in [6.07, 6.45) is 0. The van der Waals surface area contributed by atoms with Crippen molar-refractivity contribution in [2.75, 3.05) is 0 Å². The molecule has 0 unspecified atom stereocenters. The molecule has 0 fully saturated rings. The van der Waals surface area contributed by atoms with Crippen molar-refractivity contribution in [2.45, 2.75) is 27.7 Å². The molecule has 39 heavy (non-hydrogen) atoms. The molecule has 0 saturated heterocycles. The average molecular weight is 504 g/mol. The van der Waals surface area contributed by atoms with Gasteiger partial charge in [0, 0.05) is 5.56 Å². The van der Waals surface area contributed by atoms with Crippen molar-refractivity contribution in [3.05, 3.63) is 125 Å². The molecule has 7 rings (SSSR count). The van der Waals surface area contributed by atoms with Crippen molar-refractivity contribution in [3.63, 3.8) is 0 Å². The number of oxazole rings is 1. The van der Waals surface area contributed by atoms with Gasteiger partial charge in [0.1, 0.15) is 5.52 Å². The summed E-state index contributed by atoms with van der Waals surface area (Å²) in [5.41, 5.74) is 12.7. The van der Waals surface area contributed by atoms with Crippen LogP contribution >= 0.6 is 0 Å². The van der Waals surface area contributed by atoms with Crippen LogP contribution in [0.3, 0.4) is 0 Å². The minimum Gasteiger partial charge on any atom is -0.436 e. The highest BCUT2D eigenvalue weighted by molar-refractivity contribution is 6.21. The Bertz CT molecular complexity index is 1930. The lowest BCUT2D eigenvalue weighted by Crippen LogP contribution is -1.92. The van der Waals surface area contributed by atoms with E-state index in [1.807, 2.05) is 0 Å². The van der Waals surface area contributed by atoms with E-state index in [-0.39, 0.29) is 0 Å². The van der Waals surface area contributed by atoms with Crippen molar-refractivity contribution in [2.24, 2.45) is 0 Å². The Balaban J connectivity index is 1.43. The highest BCUT2D eigenvalue weighted by atomic mass is 16.3. The third-order valence-corrected chi connectivity index (χ3v) is 8.42. The predicted octanol–water partition coefficient (Wildman–Crippen LogP) is 10.4. The smallest absolute Gasteiger partial charge is 0.227 e. The lowest BCUT2D eigenvalue weighted by molar-refractivity contribution is 0.617. The highest BCUT2D eigenvalue weighted by Crippen LogP contribution is 2.44. The second kappa shape index (κ2) is 8.96. The summed E-state index contributed by atoms with van der Waals surface area (Å²) in [7, 11) is 0. The molecule has 0 aliphatic heterocycles. The van der Waals surface area contributed by atoms with Crippen molar-refractivity contribution in [1.29, 1.82) is 0 Å². The maximum atomic E-state index is 6.34. The first-order chi connectivity index (χ1) is 19.0. The monoisotopic (exact) mass is 503 g/mol. The Morgan fingerprint density at radius 2 is 0.872 bits per heavy atom. The topological polar surface area (TPSA) is 26.0 Å². The molecule has 0 saturated carbocycles. The molecular weight excluding hydrogens is 474 g/mol. The number of hydrogen-bond acceptors (Lipinski definition) is 2. The van der Waals surface area contributed by atoms with Gasteiger partial charge < -0.3 is 4.42 Å². The largest absolute Gasteiger partial charge is 0.436 e. The van der Waals surface area contributed by atoms with Gasteiger partial charge in [-0.15, -0.1) is 0 Å². The fourth-order valence-corrected chi connectivity index (χ4v) is 6.00. The van der Waals surface area contributed by atoms with Crippen LogP contribution < -0.4 is 0 Å². The summed E-state index contributed by atoms with van der Waals surface area (Å²) < 4.78 is 6.34. The van der Waals surface area contributed by atoms with E-state index in [0.717, 1.165) is 16.7 Å². The van der Waals surface area contributed by atoms with E-state index in [2.05, 4.69) is 131 Å². The quantitative estimate of drug-likeness (QED) is 0.224. The second-order valence-corrected chi connectivity index (χ2v) is 10.5. The summed E-state index contributed by atoms with van der Waals surface area (Å²) in [4.78, 5) is 4.93. The predicted molar refractivity (Wildman–Crippen MR) is 164 cm³/mol. The molecule has 2 nitrogen and oxygen atoms in total. The van der Waals surface area contributed by atoms with Gasteiger partial charge in [-0.2, -0.15) is 0 Å². The van der Waals surface area contributed by atoms with E-state index in [0.29, 0.717) is 5.89 Å². The third kappa shape index (κ3) is 3.59. The molecule has 6 aromatic carbocycles. The summed E-state index contributed by atoms with van der Waals surface area (Å²) in [5.74, 6) is 0.668. The van der Waals surface area contributed by atoms with Gasteiger partial charge in [-0.3, -0.25) is 0 Å². The zero-order valence-electron chi connectivity index (χ0n) is 22.7. The second-order valence-electron chi connectivity index (χ2n) is 10.5. The molecule has 0 spiro atoms. The maximum absolute atomic E-state index is 6.34. The molecule has 0 atom stereocenters. The number of nitrogens with zero attached hydrogens (tertiary/aromatic N) is 1. The third-order valence-electron chi connectivity index (χ3n) is 8.42. The first-order valence-electron chi connectivity index (χ1n) is 13.5. The molecule has 188 valence electrons. The molecular formula is C37H29NO. The van der Waals surface area contributed by atoms with E-state index in [1.54, 1.807) is 0 Å². The van der Waals surface area contributed by atoms with Gasteiger partial charge in [-0.1, -0.05) is 91.0 Å². The van der Waals surface area contributed by atoms with Crippen LogP contribution in [0.1, 0.15) is 22.3 Å². The zero-order chi connectivity index (χ0) is 26.7. The van der Waals surface area contributed by atoms with Gasteiger partial charge in [0.25, 0.3) is 0 Å². The number of hydrogen-bond donors (Lipinski definition) is 0. The van der Waals surface area contributed by atoms with E-state index in [1.165, 1.54) is 66.1 Å². The number of benzene rings is 6. The minimum absolute atomic E-state index is 0.668. The fraction of sp³-hybridized carbons (Fsp3) is 0.108. The van der Waals surface area contributed by atoms with Crippen LogP contribution in [0.5, 0.6) is 0 Å². The van der Waals surface area contributed by atoms with Gasteiger partial charge >= 0.3 is 0 Å². The van der Waals surface area contributed by atoms with Crippen molar-refractivity contribution in [3.8, 4) is 33.7 Å². The van der Waals surface area contributed by atoms with Crippen molar-refractivity contribution in [1.82, 2.24) is 4.98 Å². The van der Waals surface area contributed by atoms with E-state index < -0.39 is 0 Å². The molecule has 7 aromatic rings. The van der Waals surface area contributed by atoms with Crippen molar-refractivity contribution < 1.29 is 4.42 Å². The Morgan fingerprint density at radius 3 is 1.41 bits per heavy atom. The summed E-state index contributed by atoms with van der Waals surface area (Å²) in [5, 5.41) is 5.03. The van der Waals surface area contributed by atoms with Crippen LogP contribution in [0.25, 0.3) is 66.4 Å². The van der Waals surface area contributed by atoms with Crippen LogP contribution in [-0.2, 0) is 0 Å². The lowest BCUT2D eigenvalue weighted by Gasteiger charge is -2.17. The Morgan fingerprint density at radius 1 is 0.436 bits per heavy atom. The Kier molecular flexibility index (Phi) is 5.38. The normalized spacial score (nSPS) is 11.6. The minimum atomic E-state index is 0.668. The molecule has 0 N–H and O–H groups in total. The molecule has 0 radical (unpaired) electrons. The molecule has 0 bridgehead atoms. The fourth-order valence-electron chi connectivity index (χ4n) is 6.00. The number of fused-ring (bicyclic) bond motifs is 3. The zero-order valence-corrected chi connectivity index (χ0v) is 22.7. The molecule has 1 heterocycles. The Hall–Kier alpha value is -4.69. The van der Waals surface area contributed by atoms with E-state index >= 15 is 0 Å². The standard InChI is InChI=1S/C37H29NO/c1-22-23(2)25(4)36-35(24(22)3)38-37(39-36)28-20-18-27(19-21-28)34-31-16-10-8-14-29(31)33(26-12-6-5-7-13-26)30-15-9-11-17-32(30)34/h5-21H,1-4H3. The van der Waals surface area contributed by atoms with E-state index in [4.69, 9.17) is 9.40 Å². The summed E-state index contributed by atoms with van der Waals surface area (Å²) >= 11 is 0. The lowest BCUT2D eigenvalue weighted by atomic mass is 9.86. The molecule has 0 aliphatic rings. The van der Waals surface area contributed by atoms with Gasteiger partial charge in [0.2, 0.25) is 5.89 Å². The Labute approximate surface area is 228 Å². The van der Waals surface area contributed by atoms with Crippen LogP contribution in [-0.4, -0.2) is 4.98 Å². The molecule has 0 amide bonds. The molecule has 1 aromatic heterocycles. The number of rotatable bonds is 3. The molecule has 2 heteroatoms. The van der Waals surface area contributed by atoms with Crippen LogP contribution in [0.4, 0.5) is 0 Å². The first kappa shape index (κ1) is 23.4. The summed E-state index contributed by atoms with van der Waals surface area (Å²) in [6.45, 7) is 8.58. The number of aryl methyl sites for hydroxylation is 2. The highest BCUT2D eigenvalue weighted by Gasteiger charge is 2.18. The van der Waals surface area contributed by atoms with Crippen LogP contribution in [0, 0.1) is 27.7 Å². The van der Waals surface area contributed by atoms with Gasteiger partial charge in [0.05, 0.1) is 0 Å². The SMILES string of the molecule is Cc1c(C)c(C)c2oc(-c3ccc(-c4c5ccccc5c(-c5ccccc5)c5ccccc45)cc3)nc2c1C. The van der Waals surface area contributed by atoms with Gasteiger partial charge in [-0.25, -0.2) is 4.98 Å². The molecule has 0 aliphatic carbocycles. The maximum Gasteiger partial charge on any atom is 0.227 e. The van der Waals surface area contributed by atoms with E-state index in [9.17, 15) is 0 Å². The van der Waals surface area contributed by atoms with Crippen LogP contribution in [0.15, 0.2) is 108 Å². The van der Waals surface area contributed by atoms with Crippen LogP contribution in [0.2, 0.25) is 0 Å². The van der Waals surface area contributed by atoms with Gasteiger partial charge in [-0.05, 0) is 106 Å².